The second kappa shape index (κ2) is 8.28. The first kappa shape index (κ1) is 20.1. The van der Waals surface area contributed by atoms with Crippen LogP contribution < -0.4 is 0 Å². The number of carbonyl (C=O) groups is 1. The number of imidazole rings is 1. The molecule has 154 valence electrons. The third-order valence-corrected chi connectivity index (χ3v) is 4.90. The molecule has 3 aromatic rings. The first-order chi connectivity index (χ1) is 14.4. The van der Waals surface area contributed by atoms with Crippen molar-refractivity contribution in [3.8, 4) is 5.69 Å². The highest BCUT2D eigenvalue weighted by Gasteiger charge is 2.29. The van der Waals surface area contributed by atoms with E-state index in [1.807, 2.05) is 19.9 Å². The molecule has 6 nitrogen and oxygen atoms in total. The third-order valence-electron chi connectivity index (χ3n) is 4.69. The summed E-state index contributed by atoms with van der Waals surface area (Å²) in [7, 11) is 0. The molecule has 0 saturated carbocycles. The zero-order valence-corrected chi connectivity index (χ0v) is 17.3. The minimum Gasteiger partial charge on any atom is -0.483 e. The van der Waals surface area contributed by atoms with Gasteiger partial charge in [-0.3, -0.25) is 4.79 Å². The Bertz CT molecular complexity index is 1130. The van der Waals surface area contributed by atoms with E-state index in [0.29, 0.717) is 35.2 Å². The number of hydrogen-bond acceptors (Lipinski definition) is 4. The Morgan fingerprint density at radius 1 is 1.33 bits per heavy atom. The summed E-state index contributed by atoms with van der Waals surface area (Å²) < 4.78 is 22.0. The molecule has 0 spiro atoms. The summed E-state index contributed by atoms with van der Waals surface area (Å²) in [5, 5.41) is 0.376. The molecular weight excluding hydrogens is 407 g/mol. The average Bonchev–Trinajstić information content (AvgIpc) is 3.11. The molecule has 1 aliphatic rings. The highest BCUT2D eigenvalue weighted by Crippen LogP contribution is 2.23. The van der Waals surface area contributed by atoms with Crippen LogP contribution in [-0.2, 0) is 16.1 Å². The van der Waals surface area contributed by atoms with Crippen molar-refractivity contribution in [2.75, 3.05) is 6.54 Å². The molecule has 1 aliphatic heterocycles. The summed E-state index contributed by atoms with van der Waals surface area (Å²) in [6, 6.07) is 10.0. The van der Waals surface area contributed by atoms with E-state index in [1.165, 1.54) is 6.07 Å². The van der Waals surface area contributed by atoms with Crippen molar-refractivity contribution in [2.45, 2.75) is 26.5 Å². The fourth-order valence-corrected chi connectivity index (χ4v) is 3.53. The monoisotopic (exact) mass is 426 g/mol. The van der Waals surface area contributed by atoms with E-state index in [1.54, 1.807) is 52.3 Å². The molecule has 0 radical (unpaired) electrons. The minimum atomic E-state index is -0.418. The lowest BCUT2D eigenvalue weighted by Gasteiger charge is -2.32. The average molecular weight is 427 g/mol. The van der Waals surface area contributed by atoms with Gasteiger partial charge >= 0.3 is 0 Å². The third kappa shape index (κ3) is 4.36. The van der Waals surface area contributed by atoms with Gasteiger partial charge in [-0.15, -0.1) is 0 Å². The van der Waals surface area contributed by atoms with Crippen molar-refractivity contribution in [2.24, 2.45) is 0 Å². The van der Waals surface area contributed by atoms with Crippen LogP contribution in [0.25, 0.3) is 11.8 Å². The minimum absolute atomic E-state index is 0.168. The fraction of sp³-hybridized carbons (Fsp3) is 0.227. The maximum absolute atomic E-state index is 14.6. The van der Waals surface area contributed by atoms with E-state index in [4.69, 9.17) is 16.3 Å². The van der Waals surface area contributed by atoms with Gasteiger partial charge in [0.1, 0.15) is 17.1 Å². The summed E-state index contributed by atoms with van der Waals surface area (Å²) in [5.41, 5.74) is 2.41. The number of nitrogens with zero attached hydrogens (tertiary/aromatic N) is 4. The summed E-state index contributed by atoms with van der Waals surface area (Å²) in [6.07, 6.45) is 4.66. The number of ether oxygens (including phenoxy) is 1. The lowest BCUT2D eigenvalue weighted by Crippen LogP contribution is -2.43. The highest BCUT2D eigenvalue weighted by molar-refractivity contribution is 6.29. The molecule has 0 bridgehead atoms. The Morgan fingerprint density at radius 2 is 2.17 bits per heavy atom. The van der Waals surface area contributed by atoms with Crippen LogP contribution in [0.3, 0.4) is 0 Å². The summed E-state index contributed by atoms with van der Waals surface area (Å²) in [4.78, 5) is 22.9. The van der Waals surface area contributed by atoms with Crippen molar-refractivity contribution in [1.29, 1.82) is 0 Å². The number of aryl methyl sites for hydroxylation is 1. The first-order valence-electron chi connectivity index (χ1n) is 9.48. The predicted octanol–water partition coefficient (Wildman–Crippen LogP) is 4.16. The molecule has 3 heterocycles. The van der Waals surface area contributed by atoms with Gasteiger partial charge in [0.25, 0.3) is 5.91 Å². The fourth-order valence-electron chi connectivity index (χ4n) is 3.35. The summed E-state index contributed by atoms with van der Waals surface area (Å²) in [5.74, 6) is -0.524. The molecule has 2 aromatic heterocycles. The summed E-state index contributed by atoms with van der Waals surface area (Å²) in [6.45, 7) is 4.46. The zero-order chi connectivity index (χ0) is 21.3. The molecule has 4 rings (SSSR count). The second-order valence-electron chi connectivity index (χ2n) is 7.21. The van der Waals surface area contributed by atoms with Crippen LogP contribution in [0.5, 0.6) is 0 Å². The van der Waals surface area contributed by atoms with Gasteiger partial charge in [-0.1, -0.05) is 23.7 Å². The van der Waals surface area contributed by atoms with Gasteiger partial charge < -0.3 is 14.2 Å². The topological polar surface area (TPSA) is 60.2 Å². The van der Waals surface area contributed by atoms with E-state index < -0.39 is 5.82 Å². The van der Waals surface area contributed by atoms with Crippen LogP contribution in [0.1, 0.15) is 23.9 Å². The van der Waals surface area contributed by atoms with Crippen molar-refractivity contribution >= 4 is 23.6 Å². The standard InChI is InChI=1S/C22H20ClFN4O2/c1-14-10-28(13-25-14)19-7-6-16(8-18(19)24)9-20-22(29)27(11-15(2)30-20)12-17-4-3-5-21(23)26-17/h3-10,13,15H,11-12H2,1-2H3/b20-9-/t15-/m0/s1. The van der Waals surface area contributed by atoms with E-state index in [-0.39, 0.29) is 17.8 Å². The normalized spacial score (nSPS) is 18.0. The van der Waals surface area contributed by atoms with Crippen LogP contribution in [0.15, 0.2) is 54.7 Å². The van der Waals surface area contributed by atoms with Crippen molar-refractivity contribution in [1.82, 2.24) is 19.4 Å². The zero-order valence-electron chi connectivity index (χ0n) is 16.5. The number of halogens is 2. The Kier molecular flexibility index (Phi) is 5.55. The molecule has 1 amide bonds. The van der Waals surface area contributed by atoms with Gasteiger partial charge in [0, 0.05) is 6.20 Å². The number of rotatable bonds is 4. The van der Waals surface area contributed by atoms with E-state index in [9.17, 15) is 9.18 Å². The van der Waals surface area contributed by atoms with Crippen LogP contribution in [-0.4, -0.2) is 38.0 Å². The van der Waals surface area contributed by atoms with Crippen LogP contribution in [0, 0.1) is 12.7 Å². The number of morpholine rings is 1. The Morgan fingerprint density at radius 3 is 2.87 bits per heavy atom. The quantitative estimate of drug-likeness (QED) is 0.464. The molecule has 1 fully saturated rings. The van der Waals surface area contributed by atoms with Crippen molar-refractivity contribution in [3.63, 3.8) is 0 Å². The Hall–Kier alpha value is -3.19. The van der Waals surface area contributed by atoms with Gasteiger partial charge in [-0.2, -0.15) is 0 Å². The van der Waals surface area contributed by atoms with Crippen molar-refractivity contribution in [3.05, 3.63) is 82.6 Å². The number of aromatic nitrogens is 3. The highest BCUT2D eigenvalue weighted by atomic mass is 35.5. The van der Waals surface area contributed by atoms with Gasteiger partial charge in [-0.05, 0) is 49.8 Å². The molecule has 1 aromatic carbocycles. The molecule has 30 heavy (non-hydrogen) atoms. The predicted molar refractivity (Wildman–Crippen MR) is 111 cm³/mol. The lowest BCUT2D eigenvalue weighted by atomic mass is 10.1. The first-order valence-corrected chi connectivity index (χ1v) is 9.86. The number of pyridine rings is 1. The molecule has 1 atom stereocenters. The van der Waals surface area contributed by atoms with Gasteiger partial charge in [0.2, 0.25) is 0 Å². The van der Waals surface area contributed by atoms with Crippen LogP contribution in [0.4, 0.5) is 4.39 Å². The number of amides is 1. The second-order valence-corrected chi connectivity index (χ2v) is 7.59. The SMILES string of the molecule is Cc1cn(-c2ccc(/C=C3\O[C@@H](C)CN(Cc4cccc(Cl)n4)C3=O)cc2F)cn1. The van der Waals surface area contributed by atoms with Crippen LogP contribution >= 0.6 is 11.6 Å². The lowest BCUT2D eigenvalue weighted by molar-refractivity contribution is -0.139. The molecular formula is C22H20ClFN4O2. The number of hydrogen-bond donors (Lipinski definition) is 0. The molecule has 0 unspecified atom stereocenters. The van der Waals surface area contributed by atoms with Gasteiger partial charge in [0.05, 0.1) is 36.5 Å². The smallest absolute Gasteiger partial charge is 0.289 e. The molecule has 0 N–H and O–H groups in total. The van der Waals surface area contributed by atoms with E-state index in [2.05, 4.69) is 9.97 Å². The largest absolute Gasteiger partial charge is 0.483 e. The molecule has 1 saturated heterocycles. The number of carbonyl (C=O) groups excluding carboxylic acids is 1. The van der Waals surface area contributed by atoms with Crippen molar-refractivity contribution < 1.29 is 13.9 Å². The maximum Gasteiger partial charge on any atom is 0.289 e. The Labute approximate surface area is 178 Å². The Balaban J connectivity index is 1.57. The van der Waals surface area contributed by atoms with E-state index in [0.717, 1.165) is 5.69 Å². The summed E-state index contributed by atoms with van der Waals surface area (Å²) >= 11 is 5.94. The molecule has 8 heteroatoms. The molecule has 0 aliphatic carbocycles. The van der Waals surface area contributed by atoms with Crippen LogP contribution in [0.2, 0.25) is 5.15 Å². The maximum atomic E-state index is 14.6. The van der Waals surface area contributed by atoms with E-state index >= 15 is 0 Å². The number of benzene rings is 1. The van der Waals surface area contributed by atoms with Gasteiger partial charge in [-0.25, -0.2) is 14.4 Å². The van der Waals surface area contributed by atoms with Gasteiger partial charge in [0.15, 0.2) is 5.76 Å².